The molecule has 1 fully saturated rings. The third-order valence-corrected chi connectivity index (χ3v) is 10.3. The van der Waals surface area contributed by atoms with Gasteiger partial charge in [0.15, 0.2) is 5.13 Å². The predicted octanol–water partition coefficient (Wildman–Crippen LogP) is 6.29. The highest BCUT2D eigenvalue weighted by Crippen LogP contribution is 2.44. The molecule has 214 valence electrons. The summed E-state index contributed by atoms with van der Waals surface area (Å²) in [6.45, 7) is 4.04. The van der Waals surface area contributed by atoms with Crippen LogP contribution < -0.4 is 4.90 Å². The van der Waals surface area contributed by atoms with E-state index >= 15 is 0 Å². The van der Waals surface area contributed by atoms with Crippen LogP contribution in [0.5, 0.6) is 0 Å². The van der Waals surface area contributed by atoms with E-state index in [1.54, 1.807) is 12.1 Å². The van der Waals surface area contributed by atoms with Crippen molar-refractivity contribution in [3.05, 3.63) is 116 Å². The molecule has 3 aromatic carbocycles. The molecule has 1 unspecified atom stereocenters. The van der Waals surface area contributed by atoms with E-state index < -0.39 is 38.3 Å². The Kier molecular flexibility index (Phi) is 7.71. The zero-order chi connectivity index (χ0) is 30.3. The van der Waals surface area contributed by atoms with E-state index in [0.717, 1.165) is 40.9 Å². The molecule has 0 spiro atoms. The Morgan fingerprint density at radius 1 is 1.02 bits per heavy atom. The zero-order valence-electron chi connectivity index (χ0n) is 22.1. The van der Waals surface area contributed by atoms with Gasteiger partial charge in [-0.25, -0.2) is 13.4 Å². The first-order valence-electron chi connectivity index (χ1n) is 12.5. The number of benzene rings is 3. The number of amides is 1. The van der Waals surface area contributed by atoms with Gasteiger partial charge >= 0.3 is 5.91 Å². The molecule has 1 aliphatic rings. The van der Waals surface area contributed by atoms with Crippen molar-refractivity contribution in [3.63, 3.8) is 0 Å². The van der Waals surface area contributed by atoms with E-state index in [1.165, 1.54) is 24.3 Å². The van der Waals surface area contributed by atoms with Gasteiger partial charge in [0, 0.05) is 22.7 Å². The summed E-state index contributed by atoms with van der Waals surface area (Å²) in [5.74, 6) is -2.15. The Labute approximate surface area is 249 Å². The fourth-order valence-electron chi connectivity index (χ4n) is 4.52. The number of carbonyl (C=O) groups excluding carboxylic acids is 2. The van der Waals surface area contributed by atoms with E-state index in [9.17, 15) is 33.2 Å². The number of aliphatic hydroxyl groups is 1. The van der Waals surface area contributed by atoms with Crippen molar-refractivity contribution in [2.24, 2.45) is 0 Å². The number of carbonyl (C=O) groups is 2. The lowest BCUT2D eigenvalue weighted by Crippen LogP contribution is -2.29. The summed E-state index contributed by atoms with van der Waals surface area (Å²) < 4.78 is 26.4. The molecule has 1 aromatic heterocycles. The second kappa shape index (κ2) is 11.1. The largest absolute Gasteiger partial charge is 0.507 e. The van der Waals surface area contributed by atoms with E-state index in [0.29, 0.717) is 21.9 Å². The molecule has 0 radical (unpaired) electrons. The van der Waals surface area contributed by atoms with Gasteiger partial charge in [-0.15, -0.1) is 0 Å². The van der Waals surface area contributed by atoms with E-state index in [1.807, 2.05) is 26.0 Å². The van der Waals surface area contributed by atoms with Gasteiger partial charge in [-0.2, -0.15) is 0 Å². The van der Waals surface area contributed by atoms with Crippen LogP contribution in [-0.2, 0) is 19.4 Å². The standard InChI is InChI=1S/C29H22ClN3O7S2/c1-16(2)17-3-5-18(6-4-17)25-24(26(34)19-7-9-20(30)10-8-19)27(35)28(36)32(25)29-31-15-23(41-29)42(39,40)22-13-11-21(12-14-22)33(37)38/h3-16,25,34H,1-2H3/b26-24+. The van der Waals surface area contributed by atoms with Crippen LogP contribution in [0, 0.1) is 10.1 Å². The normalized spacial score (nSPS) is 16.8. The number of aromatic nitrogens is 1. The number of sulfone groups is 1. The van der Waals surface area contributed by atoms with E-state index in [4.69, 9.17) is 11.6 Å². The van der Waals surface area contributed by atoms with Crippen molar-refractivity contribution >= 4 is 61.0 Å². The first-order chi connectivity index (χ1) is 19.9. The second-order valence-electron chi connectivity index (χ2n) is 9.71. The molecular formula is C29H22ClN3O7S2. The van der Waals surface area contributed by atoms with Crippen LogP contribution >= 0.6 is 22.9 Å². The van der Waals surface area contributed by atoms with Gasteiger partial charge in [0.05, 0.1) is 27.6 Å². The second-order valence-corrected chi connectivity index (χ2v) is 13.3. The number of halogens is 1. The number of hydrogen-bond donors (Lipinski definition) is 1. The lowest BCUT2D eigenvalue weighted by Gasteiger charge is -2.23. The number of Topliss-reactive ketones (excluding diaryl/α,β-unsaturated/α-hetero) is 1. The molecule has 0 aliphatic carbocycles. The smallest absolute Gasteiger partial charge is 0.301 e. The minimum atomic E-state index is -4.16. The molecule has 1 N–H and O–H groups in total. The highest BCUT2D eigenvalue weighted by molar-refractivity contribution is 7.93. The van der Waals surface area contributed by atoms with Gasteiger partial charge in [-0.1, -0.05) is 61.1 Å². The molecular weight excluding hydrogens is 602 g/mol. The predicted molar refractivity (Wildman–Crippen MR) is 157 cm³/mol. The molecule has 1 atom stereocenters. The molecule has 0 bridgehead atoms. The van der Waals surface area contributed by atoms with Crippen LogP contribution in [0.15, 0.2) is 93.7 Å². The Hall–Kier alpha value is -4.39. The van der Waals surface area contributed by atoms with Crippen molar-refractivity contribution in [3.8, 4) is 0 Å². The average Bonchev–Trinajstić information content (AvgIpc) is 3.56. The summed E-state index contributed by atoms with van der Waals surface area (Å²) in [7, 11) is -4.16. The Bertz CT molecular complexity index is 1850. The minimum Gasteiger partial charge on any atom is -0.507 e. The van der Waals surface area contributed by atoms with Crippen molar-refractivity contribution in [1.82, 2.24) is 4.98 Å². The quantitative estimate of drug-likeness (QED) is 0.0830. The molecule has 13 heteroatoms. The van der Waals surface area contributed by atoms with Crippen molar-refractivity contribution < 1.29 is 28.0 Å². The van der Waals surface area contributed by atoms with Gasteiger partial charge in [0.2, 0.25) is 9.84 Å². The van der Waals surface area contributed by atoms with Crippen LogP contribution in [0.1, 0.15) is 42.5 Å². The summed E-state index contributed by atoms with van der Waals surface area (Å²) in [5.41, 5.74) is 1.32. The minimum absolute atomic E-state index is 0.0781. The van der Waals surface area contributed by atoms with Gasteiger partial charge in [0.25, 0.3) is 11.5 Å². The fraction of sp³-hybridized carbons (Fsp3) is 0.138. The number of non-ortho nitro benzene ring substituents is 1. The highest BCUT2D eigenvalue weighted by Gasteiger charge is 2.48. The van der Waals surface area contributed by atoms with Gasteiger partial charge in [-0.3, -0.25) is 24.6 Å². The lowest BCUT2D eigenvalue weighted by atomic mass is 9.93. The van der Waals surface area contributed by atoms with Crippen LogP contribution in [-0.4, -0.2) is 35.1 Å². The topological polar surface area (TPSA) is 148 Å². The fourth-order valence-corrected chi connectivity index (χ4v) is 7.19. The van der Waals surface area contributed by atoms with Crippen molar-refractivity contribution in [2.45, 2.75) is 34.9 Å². The van der Waals surface area contributed by atoms with Gasteiger partial charge < -0.3 is 5.11 Å². The zero-order valence-corrected chi connectivity index (χ0v) is 24.5. The van der Waals surface area contributed by atoms with E-state index in [2.05, 4.69) is 4.98 Å². The summed E-state index contributed by atoms with van der Waals surface area (Å²) in [6, 6.07) is 16.6. The maximum atomic E-state index is 13.5. The lowest BCUT2D eigenvalue weighted by molar-refractivity contribution is -0.384. The number of thiazole rings is 1. The monoisotopic (exact) mass is 623 g/mol. The first-order valence-corrected chi connectivity index (χ1v) is 15.2. The summed E-state index contributed by atoms with van der Waals surface area (Å²) in [4.78, 5) is 42.3. The maximum Gasteiger partial charge on any atom is 0.301 e. The summed E-state index contributed by atoms with van der Waals surface area (Å²) >= 11 is 6.65. The number of rotatable bonds is 7. The number of nitro groups is 1. The molecule has 1 saturated heterocycles. The van der Waals surface area contributed by atoms with Crippen LogP contribution in [0.2, 0.25) is 5.02 Å². The molecule has 1 aliphatic heterocycles. The molecule has 4 aromatic rings. The number of aliphatic hydroxyl groups excluding tert-OH is 1. The molecule has 1 amide bonds. The molecule has 2 heterocycles. The number of nitro benzene ring substituents is 1. The molecule has 5 rings (SSSR count). The molecule has 42 heavy (non-hydrogen) atoms. The Morgan fingerprint density at radius 2 is 1.64 bits per heavy atom. The SMILES string of the molecule is CC(C)c1ccc(C2/C(=C(\O)c3ccc(Cl)cc3)C(=O)C(=O)N2c2ncc(S(=O)(=O)c3ccc([N+](=O)[O-])cc3)s2)cc1. The van der Waals surface area contributed by atoms with Crippen LogP contribution in [0.25, 0.3) is 5.76 Å². The van der Waals surface area contributed by atoms with Crippen LogP contribution in [0.4, 0.5) is 10.8 Å². The summed E-state index contributed by atoms with van der Waals surface area (Å²) in [5, 5.41) is 22.6. The van der Waals surface area contributed by atoms with Crippen molar-refractivity contribution in [2.75, 3.05) is 4.90 Å². The third-order valence-electron chi connectivity index (χ3n) is 6.78. The van der Waals surface area contributed by atoms with Crippen LogP contribution in [0.3, 0.4) is 0 Å². The Morgan fingerprint density at radius 3 is 2.21 bits per heavy atom. The van der Waals surface area contributed by atoms with Gasteiger partial charge in [0.1, 0.15) is 9.97 Å². The third kappa shape index (κ3) is 5.20. The summed E-state index contributed by atoms with van der Waals surface area (Å²) in [6.07, 6.45) is 1.06. The first kappa shape index (κ1) is 29.1. The molecule has 10 nitrogen and oxygen atoms in total. The number of ketones is 1. The number of nitrogens with zero attached hydrogens (tertiary/aromatic N) is 3. The highest BCUT2D eigenvalue weighted by atomic mass is 35.5. The molecule has 0 saturated carbocycles. The van der Waals surface area contributed by atoms with E-state index in [-0.39, 0.29) is 37.0 Å². The number of anilines is 1. The van der Waals surface area contributed by atoms with Crippen molar-refractivity contribution in [1.29, 1.82) is 0 Å². The average molecular weight is 624 g/mol. The maximum absolute atomic E-state index is 13.5. The van der Waals surface area contributed by atoms with Gasteiger partial charge in [-0.05, 0) is 53.4 Å². The Balaban J connectivity index is 1.62. The number of hydrogen-bond acceptors (Lipinski definition) is 9.